The van der Waals surface area contributed by atoms with Crippen molar-refractivity contribution in [2.45, 2.75) is 0 Å². The van der Waals surface area contributed by atoms with Gasteiger partial charge in [-0.25, -0.2) is 4.98 Å². The molecule has 0 bridgehead atoms. The van der Waals surface area contributed by atoms with Crippen LogP contribution < -0.4 is 14.8 Å². The second-order valence-corrected chi connectivity index (χ2v) is 5.85. The lowest BCUT2D eigenvalue weighted by molar-refractivity contribution is 0.405. The summed E-state index contributed by atoms with van der Waals surface area (Å²) in [7, 11) is 3.24. The van der Waals surface area contributed by atoms with E-state index in [1.165, 1.54) is 0 Å². The van der Waals surface area contributed by atoms with Gasteiger partial charge in [0.05, 0.1) is 26.1 Å². The third-order valence-electron chi connectivity index (χ3n) is 4.23. The van der Waals surface area contributed by atoms with E-state index in [4.69, 9.17) is 14.5 Å². The number of aromatic hydroxyl groups is 1. The Labute approximate surface area is 155 Å². The third kappa shape index (κ3) is 3.10. The molecular formula is C20H18N4O3. The molecule has 136 valence electrons. The molecule has 0 unspecified atom stereocenters. The molecule has 0 fully saturated rings. The van der Waals surface area contributed by atoms with Gasteiger partial charge in [0.2, 0.25) is 0 Å². The first-order chi connectivity index (χ1) is 13.2. The van der Waals surface area contributed by atoms with Gasteiger partial charge in [-0.2, -0.15) is 0 Å². The zero-order valence-corrected chi connectivity index (χ0v) is 14.9. The van der Waals surface area contributed by atoms with Crippen LogP contribution in [0.5, 0.6) is 17.2 Å². The van der Waals surface area contributed by atoms with Crippen LogP contribution in [0.2, 0.25) is 0 Å². The number of phenolic OH excluding ortho intramolecular Hbond substituents is 1. The number of nitrogens with zero attached hydrogens (tertiary/aromatic N) is 3. The summed E-state index contributed by atoms with van der Waals surface area (Å²) < 4.78 is 12.7. The van der Waals surface area contributed by atoms with Gasteiger partial charge in [0.15, 0.2) is 5.65 Å². The zero-order valence-electron chi connectivity index (χ0n) is 14.9. The van der Waals surface area contributed by atoms with Crippen molar-refractivity contribution in [2.24, 2.45) is 0 Å². The number of aromatic nitrogens is 3. The number of methoxy groups -OCH3 is 2. The Hall–Kier alpha value is -3.74. The van der Waals surface area contributed by atoms with E-state index in [1.54, 1.807) is 38.7 Å². The Kier molecular flexibility index (Phi) is 4.25. The minimum absolute atomic E-state index is 0.202. The summed E-state index contributed by atoms with van der Waals surface area (Å²) in [6, 6.07) is 12.4. The molecule has 0 amide bonds. The van der Waals surface area contributed by atoms with E-state index >= 15 is 0 Å². The molecule has 2 aromatic heterocycles. The lowest BCUT2D eigenvalue weighted by Gasteiger charge is -2.13. The smallest absolute Gasteiger partial charge is 0.157 e. The maximum atomic E-state index is 9.59. The summed E-state index contributed by atoms with van der Waals surface area (Å²) in [6.45, 7) is 0. The Morgan fingerprint density at radius 2 is 1.85 bits per heavy atom. The highest BCUT2D eigenvalue weighted by Crippen LogP contribution is 2.36. The lowest BCUT2D eigenvalue weighted by Crippen LogP contribution is -2.00. The number of imidazole rings is 1. The summed E-state index contributed by atoms with van der Waals surface area (Å²) in [5, 5.41) is 13.0. The average Bonchev–Trinajstić information content (AvgIpc) is 3.07. The van der Waals surface area contributed by atoms with Gasteiger partial charge < -0.3 is 19.9 Å². The van der Waals surface area contributed by atoms with E-state index in [9.17, 15) is 5.11 Å². The zero-order chi connectivity index (χ0) is 18.8. The van der Waals surface area contributed by atoms with Crippen LogP contribution in [0.1, 0.15) is 0 Å². The normalized spacial score (nSPS) is 10.7. The Morgan fingerprint density at radius 3 is 2.59 bits per heavy atom. The van der Waals surface area contributed by atoms with Gasteiger partial charge in [-0.3, -0.25) is 9.38 Å². The topological polar surface area (TPSA) is 80.9 Å². The van der Waals surface area contributed by atoms with Crippen LogP contribution >= 0.6 is 0 Å². The van der Waals surface area contributed by atoms with Gasteiger partial charge >= 0.3 is 0 Å². The number of benzene rings is 2. The first-order valence-corrected chi connectivity index (χ1v) is 8.30. The molecule has 0 aliphatic heterocycles. The molecule has 7 nitrogen and oxygen atoms in total. The van der Waals surface area contributed by atoms with Crippen molar-refractivity contribution in [3.05, 3.63) is 61.1 Å². The van der Waals surface area contributed by atoms with Gasteiger partial charge in [-0.15, -0.1) is 0 Å². The Morgan fingerprint density at radius 1 is 1.04 bits per heavy atom. The quantitative estimate of drug-likeness (QED) is 0.561. The monoisotopic (exact) mass is 362 g/mol. The number of rotatable bonds is 5. The largest absolute Gasteiger partial charge is 0.508 e. The van der Waals surface area contributed by atoms with Gasteiger partial charge in [-0.05, 0) is 36.4 Å². The number of nitrogens with one attached hydrogen (secondary N) is 1. The van der Waals surface area contributed by atoms with E-state index in [-0.39, 0.29) is 5.75 Å². The molecule has 27 heavy (non-hydrogen) atoms. The Bertz CT molecular complexity index is 1090. The van der Waals surface area contributed by atoms with E-state index in [1.807, 2.05) is 40.9 Å². The first kappa shape index (κ1) is 16.7. The van der Waals surface area contributed by atoms with E-state index in [0.29, 0.717) is 17.1 Å². The highest BCUT2D eigenvalue weighted by Gasteiger charge is 2.16. The van der Waals surface area contributed by atoms with Gasteiger partial charge in [-0.1, -0.05) is 0 Å². The van der Waals surface area contributed by atoms with Crippen molar-refractivity contribution >= 4 is 17.2 Å². The van der Waals surface area contributed by atoms with Crippen LogP contribution in [0.3, 0.4) is 0 Å². The second kappa shape index (κ2) is 6.87. The highest BCUT2D eigenvalue weighted by atomic mass is 16.5. The molecule has 0 aliphatic carbocycles. The van der Waals surface area contributed by atoms with Crippen molar-refractivity contribution in [2.75, 3.05) is 19.5 Å². The molecule has 0 saturated heterocycles. The van der Waals surface area contributed by atoms with Gasteiger partial charge in [0.1, 0.15) is 28.8 Å². The maximum absolute atomic E-state index is 9.59. The number of phenols is 1. The fourth-order valence-corrected chi connectivity index (χ4v) is 2.89. The predicted octanol–water partition coefficient (Wildman–Crippen LogP) is 3.86. The molecule has 7 heteroatoms. The minimum Gasteiger partial charge on any atom is -0.508 e. The van der Waals surface area contributed by atoms with Crippen molar-refractivity contribution in [1.29, 1.82) is 0 Å². The van der Waals surface area contributed by atoms with Crippen molar-refractivity contribution in [3.8, 4) is 28.5 Å². The van der Waals surface area contributed by atoms with Crippen LogP contribution in [0.25, 0.3) is 16.9 Å². The average molecular weight is 362 g/mol. The number of fused-ring (bicyclic) bond motifs is 1. The summed E-state index contributed by atoms with van der Waals surface area (Å²) in [4.78, 5) is 8.84. The predicted molar refractivity (Wildman–Crippen MR) is 103 cm³/mol. The number of hydrogen-bond acceptors (Lipinski definition) is 6. The molecule has 4 aromatic rings. The maximum Gasteiger partial charge on any atom is 0.157 e. The van der Waals surface area contributed by atoms with E-state index in [0.717, 1.165) is 22.8 Å². The van der Waals surface area contributed by atoms with Crippen LogP contribution in [0, 0.1) is 0 Å². The highest BCUT2D eigenvalue weighted by molar-refractivity contribution is 5.81. The molecular weight excluding hydrogens is 344 g/mol. The first-order valence-electron chi connectivity index (χ1n) is 8.30. The second-order valence-electron chi connectivity index (χ2n) is 5.85. The van der Waals surface area contributed by atoms with Crippen LogP contribution in [-0.2, 0) is 0 Å². The summed E-state index contributed by atoms with van der Waals surface area (Å²) >= 11 is 0. The number of hydrogen-bond donors (Lipinski definition) is 2. The van der Waals surface area contributed by atoms with E-state index < -0.39 is 0 Å². The molecule has 4 rings (SSSR count). The molecule has 0 radical (unpaired) electrons. The molecule has 0 atom stereocenters. The van der Waals surface area contributed by atoms with Gasteiger partial charge in [0, 0.05) is 24.0 Å². The van der Waals surface area contributed by atoms with Gasteiger partial charge in [0.25, 0.3) is 0 Å². The summed E-state index contributed by atoms with van der Waals surface area (Å²) in [5.74, 6) is 2.34. The number of anilines is 2. The molecule has 2 heterocycles. The van der Waals surface area contributed by atoms with Crippen LogP contribution in [0.4, 0.5) is 11.5 Å². The molecule has 2 aromatic carbocycles. The molecule has 0 aliphatic rings. The molecule has 2 N–H and O–H groups in total. The van der Waals surface area contributed by atoms with Crippen molar-refractivity contribution in [3.63, 3.8) is 0 Å². The fraction of sp³-hybridized carbons (Fsp3) is 0.100. The lowest BCUT2D eigenvalue weighted by atomic mass is 10.1. The number of ether oxygens (including phenoxy) is 2. The molecule has 0 spiro atoms. The van der Waals surface area contributed by atoms with Crippen molar-refractivity contribution in [1.82, 2.24) is 14.4 Å². The SMILES string of the molecule is COc1ccc(OC)c(Nc2c(-c3ccc(O)cc3)nc3cnccn23)c1. The minimum atomic E-state index is 0.202. The Balaban J connectivity index is 1.88. The van der Waals surface area contributed by atoms with E-state index in [2.05, 4.69) is 10.3 Å². The van der Waals surface area contributed by atoms with Crippen LogP contribution in [-0.4, -0.2) is 33.7 Å². The summed E-state index contributed by atoms with van der Waals surface area (Å²) in [6.07, 6.45) is 5.22. The third-order valence-corrected chi connectivity index (χ3v) is 4.23. The summed E-state index contributed by atoms with van der Waals surface area (Å²) in [5.41, 5.74) is 3.04. The van der Waals surface area contributed by atoms with Crippen molar-refractivity contribution < 1.29 is 14.6 Å². The van der Waals surface area contributed by atoms with Crippen LogP contribution in [0.15, 0.2) is 61.1 Å². The fourth-order valence-electron chi connectivity index (χ4n) is 2.89. The molecule has 0 saturated carbocycles. The standard InChI is InChI=1S/C20H18N4O3/c1-26-15-7-8-17(27-2)16(11-15)22-20-19(13-3-5-14(25)6-4-13)23-18-12-21-9-10-24(18)20/h3-12,22,25H,1-2H3.